The first kappa shape index (κ1) is 23.0. The average Bonchev–Trinajstić information content (AvgIpc) is 2.66. The maximum Gasteiger partial charge on any atom is 0.242 e. The van der Waals surface area contributed by atoms with Gasteiger partial charge in [-0.25, -0.2) is 25.5 Å². The van der Waals surface area contributed by atoms with Gasteiger partial charge in [-0.2, -0.15) is 0 Å². The maximum atomic E-state index is 13.5. The van der Waals surface area contributed by atoms with E-state index >= 15 is 0 Å². The van der Waals surface area contributed by atoms with Crippen molar-refractivity contribution < 1.29 is 26.0 Å². The molecule has 0 aliphatic heterocycles. The van der Waals surface area contributed by atoms with Gasteiger partial charge in [0, 0.05) is 20.6 Å². The molecule has 0 aliphatic rings. The van der Waals surface area contributed by atoms with E-state index in [0.717, 1.165) is 15.9 Å². The summed E-state index contributed by atoms with van der Waals surface area (Å²) in [6.45, 7) is 0.0957. The van der Waals surface area contributed by atoms with Gasteiger partial charge in [0.1, 0.15) is 23.9 Å². The summed E-state index contributed by atoms with van der Waals surface area (Å²) in [6, 6.07) is 11.9. The second-order valence-corrected chi connectivity index (χ2v) is 10.5. The molecule has 2 rings (SSSR count). The number of benzene rings is 2. The lowest BCUT2D eigenvalue weighted by molar-refractivity contribution is 0.306. The molecule has 0 aliphatic carbocycles. The van der Waals surface area contributed by atoms with E-state index in [9.17, 15) is 21.2 Å². The summed E-state index contributed by atoms with van der Waals surface area (Å²) in [5.74, 6) is -1.12. The third kappa shape index (κ3) is 6.10. The van der Waals surface area contributed by atoms with Crippen LogP contribution in [0.5, 0.6) is 5.75 Å². The zero-order chi connectivity index (χ0) is 21.7. The third-order valence-electron chi connectivity index (χ3n) is 3.96. The molecule has 0 saturated heterocycles. The van der Waals surface area contributed by atoms with Gasteiger partial charge in [0.15, 0.2) is 9.84 Å². The fraction of sp³-hybridized carbons (Fsp3) is 0.263. The number of hydrogen-bond donors (Lipinski definition) is 1. The lowest BCUT2D eigenvalue weighted by Gasteiger charge is -2.12. The Morgan fingerprint density at radius 1 is 1.00 bits per heavy atom. The highest BCUT2D eigenvalue weighted by Crippen LogP contribution is 2.20. The number of sulfonamides is 1. The van der Waals surface area contributed by atoms with Crippen molar-refractivity contribution in [2.75, 3.05) is 26.4 Å². The first-order valence-corrected chi connectivity index (χ1v) is 11.7. The first-order valence-electron chi connectivity index (χ1n) is 8.58. The lowest BCUT2D eigenvalue weighted by atomic mass is 10.2. The van der Waals surface area contributed by atoms with Crippen LogP contribution in [-0.4, -0.2) is 47.5 Å². The Kier molecular flexibility index (Phi) is 7.53. The van der Waals surface area contributed by atoms with Gasteiger partial charge in [-0.15, -0.1) is 0 Å². The van der Waals surface area contributed by atoms with E-state index in [2.05, 4.69) is 0 Å². The topological polar surface area (TPSA) is 107 Å². The number of nitrogens with zero attached hydrogens (tertiary/aromatic N) is 1. The molecular formula is C19H23FN2O5S2. The van der Waals surface area contributed by atoms with Gasteiger partial charge in [-0.3, -0.25) is 0 Å². The number of ether oxygens (including phenoxy) is 1. The van der Waals surface area contributed by atoms with Crippen molar-refractivity contribution in [2.45, 2.75) is 16.4 Å². The van der Waals surface area contributed by atoms with Crippen LogP contribution in [-0.2, 0) is 26.5 Å². The van der Waals surface area contributed by atoms with Crippen molar-refractivity contribution in [1.82, 2.24) is 4.31 Å². The minimum absolute atomic E-state index is 0.0244. The summed E-state index contributed by atoms with van der Waals surface area (Å²) in [6.07, 6.45) is 1.02. The van der Waals surface area contributed by atoms with E-state index in [1.165, 1.54) is 50.5 Å². The van der Waals surface area contributed by atoms with E-state index in [0.29, 0.717) is 5.75 Å². The Balaban J connectivity index is 2.03. The van der Waals surface area contributed by atoms with Crippen LogP contribution in [0.4, 0.5) is 4.39 Å². The van der Waals surface area contributed by atoms with Crippen LogP contribution in [0.1, 0.15) is 5.56 Å². The molecular weight excluding hydrogens is 419 g/mol. The van der Waals surface area contributed by atoms with Crippen molar-refractivity contribution in [2.24, 2.45) is 5.73 Å². The minimum atomic E-state index is -3.81. The van der Waals surface area contributed by atoms with E-state index in [4.69, 9.17) is 10.5 Å². The predicted octanol–water partition coefficient (Wildman–Crippen LogP) is 2.10. The Bertz CT molecular complexity index is 1060. The quantitative estimate of drug-likeness (QED) is 0.637. The molecule has 158 valence electrons. The maximum absolute atomic E-state index is 13.5. The van der Waals surface area contributed by atoms with Crippen LogP contribution in [0.25, 0.3) is 0 Å². The average molecular weight is 443 g/mol. The van der Waals surface area contributed by atoms with Crippen molar-refractivity contribution in [3.8, 4) is 5.75 Å². The van der Waals surface area contributed by atoms with Gasteiger partial charge in [-0.05, 0) is 48.0 Å². The van der Waals surface area contributed by atoms with Gasteiger partial charge in [-0.1, -0.05) is 12.1 Å². The van der Waals surface area contributed by atoms with Crippen LogP contribution in [0.2, 0.25) is 0 Å². The molecule has 0 bridgehead atoms. The molecule has 7 nitrogen and oxygen atoms in total. The Hall–Kier alpha value is -2.27. The molecule has 0 saturated carbocycles. The summed E-state index contributed by atoms with van der Waals surface area (Å²) in [5, 5.41) is 0. The first-order chi connectivity index (χ1) is 13.6. The molecule has 0 heterocycles. The van der Waals surface area contributed by atoms with Gasteiger partial charge in [0.05, 0.1) is 9.79 Å². The van der Waals surface area contributed by atoms with Gasteiger partial charge >= 0.3 is 0 Å². The lowest BCUT2D eigenvalue weighted by Crippen LogP contribution is -2.22. The molecule has 0 fully saturated rings. The van der Waals surface area contributed by atoms with Crippen LogP contribution in [0.3, 0.4) is 0 Å². The summed E-state index contributed by atoms with van der Waals surface area (Å²) in [7, 11) is -4.39. The number of halogens is 1. The molecule has 2 N–H and O–H groups in total. The zero-order valence-corrected chi connectivity index (χ0v) is 17.7. The van der Waals surface area contributed by atoms with Crippen molar-refractivity contribution in [3.63, 3.8) is 0 Å². The van der Waals surface area contributed by atoms with Gasteiger partial charge < -0.3 is 10.5 Å². The molecule has 29 heavy (non-hydrogen) atoms. The van der Waals surface area contributed by atoms with Gasteiger partial charge in [0.2, 0.25) is 10.0 Å². The van der Waals surface area contributed by atoms with E-state index in [-0.39, 0.29) is 22.9 Å². The molecule has 0 aromatic heterocycles. The van der Waals surface area contributed by atoms with Crippen molar-refractivity contribution in [3.05, 3.63) is 66.0 Å². The van der Waals surface area contributed by atoms with Gasteiger partial charge in [0.25, 0.3) is 0 Å². The summed E-state index contributed by atoms with van der Waals surface area (Å²) in [4.78, 5) is 0.153. The predicted molar refractivity (Wildman–Crippen MR) is 108 cm³/mol. The number of nitrogens with two attached hydrogens (primary N) is 1. The van der Waals surface area contributed by atoms with E-state index in [1.807, 2.05) is 0 Å². The van der Waals surface area contributed by atoms with Crippen LogP contribution >= 0.6 is 0 Å². The number of rotatable bonds is 9. The van der Waals surface area contributed by atoms with Crippen molar-refractivity contribution >= 4 is 19.9 Å². The minimum Gasteiger partial charge on any atom is -0.489 e. The molecule has 2 aromatic carbocycles. The molecule has 0 spiro atoms. The molecule has 2 aromatic rings. The summed E-state index contributed by atoms with van der Waals surface area (Å²) >= 11 is 0. The monoisotopic (exact) mass is 442 g/mol. The van der Waals surface area contributed by atoms with E-state index in [1.54, 1.807) is 12.1 Å². The Morgan fingerprint density at radius 2 is 1.55 bits per heavy atom. The summed E-state index contributed by atoms with van der Waals surface area (Å²) < 4.78 is 68.6. The zero-order valence-electron chi connectivity index (χ0n) is 16.1. The van der Waals surface area contributed by atoms with Crippen LogP contribution in [0.15, 0.2) is 70.2 Å². The Labute approximate surface area is 170 Å². The largest absolute Gasteiger partial charge is 0.489 e. The highest BCUT2D eigenvalue weighted by Gasteiger charge is 2.18. The second kappa shape index (κ2) is 9.49. The highest BCUT2D eigenvalue weighted by atomic mass is 32.2. The summed E-state index contributed by atoms with van der Waals surface area (Å²) in [5.41, 5.74) is 5.91. The SMILES string of the molecule is CN(C)S(=O)(=O)c1ccc(COc2ccc(S(=O)(=O)C/C(F)=C/CN)cc2)cc1. The number of sulfone groups is 1. The molecule has 0 atom stereocenters. The van der Waals surface area contributed by atoms with Crippen LogP contribution < -0.4 is 10.5 Å². The highest BCUT2D eigenvalue weighted by molar-refractivity contribution is 7.91. The van der Waals surface area contributed by atoms with E-state index < -0.39 is 31.4 Å². The fourth-order valence-electron chi connectivity index (χ4n) is 2.33. The van der Waals surface area contributed by atoms with Crippen molar-refractivity contribution in [1.29, 1.82) is 0 Å². The third-order valence-corrected chi connectivity index (χ3v) is 7.43. The standard InChI is InChI=1S/C19H23FN2O5S2/c1-22(2)29(25,26)19-7-3-15(4-8-19)13-27-17-5-9-18(10-6-17)28(23,24)14-16(20)11-12-21/h3-11H,12-14,21H2,1-2H3/b16-11-. The molecule has 0 radical (unpaired) electrons. The molecule has 10 heteroatoms. The molecule has 0 unspecified atom stereocenters. The number of hydrogen-bond acceptors (Lipinski definition) is 6. The smallest absolute Gasteiger partial charge is 0.242 e. The Morgan fingerprint density at radius 3 is 2.07 bits per heavy atom. The fourth-order valence-corrected chi connectivity index (χ4v) is 4.43. The van der Waals surface area contributed by atoms with Crippen LogP contribution in [0, 0.1) is 0 Å². The second-order valence-electron chi connectivity index (χ2n) is 6.34. The molecule has 0 amide bonds. The normalized spacial score (nSPS) is 12.9.